The lowest BCUT2D eigenvalue weighted by atomic mass is 9.72. The Morgan fingerprint density at radius 3 is 2.65 bits per heavy atom. The first-order chi connectivity index (χ1) is 17.8. The van der Waals surface area contributed by atoms with Crippen LogP contribution in [0.25, 0.3) is 0 Å². The monoisotopic (exact) mass is 521 g/mol. The predicted molar refractivity (Wildman–Crippen MR) is 148 cm³/mol. The minimum atomic E-state index is -0.921. The van der Waals surface area contributed by atoms with Gasteiger partial charge in [0.2, 0.25) is 5.91 Å². The number of nitrogens with two attached hydrogens (primary N) is 1. The van der Waals surface area contributed by atoms with Crippen molar-refractivity contribution in [2.75, 3.05) is 74.9 Å². The first kappa shape index (κ1) is 25.4. The molecule has 5 rings (SSSR count). The number of pyridine rings is 1. The van der Waals surface area contributed by atoms with Crippen LogP contribution in [-0.4, -0.2) is 81.0 Å². The molecule has 1 atom stereocenters. The summed E-state index contributed by atoms with van der Waals surface area (Å²) in [6.07, 6.45) is 2.25. The summed E-state index contributed by atoms with van der Waals surface area (Å²) in [7, 11) is 2.12. The van der Waals surface area contributed by atoms with Gasteiger partial charge in [-0.3, -0.25) is 10.2 Å². The van der Waals surface area contributed by atoms with Gasteiger partial charge in [0.15, 0.2) is 5.84 Å². The van der Waals surface area contributed by atoms with Gasteiger partial charge in [0.1, 0.15) is 22.6 Å². The number of hydrogen-bond acceptors (Lipinski definition) is 10. The summed E-state index contributed by atoms with van der Waals surface area (Å²) in [4.78, 5) is 26.4. The SMILES string of the molecule is CN1CCN(c2cc(N3CCNCC3)cc(C(=N)NC(=O)C3(C)CCCc4sc(N)c(C#N)c43)n2)CC1. The number of likely N-dealkylation sites (N-methyl/N-ethyl adjacent to an activating group) is 1. The highest BCUT2D eigenvalue weighted by atomic mass is 32.1. The van der Waals surface area contributed by atoms with Gasteiger partial charge < -0.3 is 31.1 Å². The number of amidine groups is 1. The van der Waals surface area contributed by atoms with Crippen LogP contribution in [0.15, 0.2) is 12.1 Å². The second-order valence-corrected chi connectivity index (χ2v) is 11.5. The van der Waals surface area contributed by atoms with Gasteiger partial charge in [-0.15, -0.1) is 11.3 Å². The lowest BCUT2D eigenvalue weighted by molar-refractivity contribution is -0.125. The van der Waals surface area contributed by atoms with E-state index in [-0.39, 0.29) is 11.7 Å². The van der Waals surface area contributed by atoms with Crippen LogP contribution >= 0.6 is 11.3 Å². The largest absolute Gasteiger partial charge is 0.389 e. The van der Waals surface area contributed by atoms with Crippen LogP contribution in [0.1, 0.15) is 41.5 Å². The molecule has 2 aromatic heterocycles. The molecule has 2 aromatic rings. The number of nitriles is 1. The van der Waals surface area contributed by atoms with E-state index in [4.69, 9.17) is 16.1 Å². The Kier molecular flexibility index (Phi) is 7.07. The fourth-order valence-corrected chi connectivity index (χ4v) is 6.76. The molecule has 0 radical (unpaired) electrons. The summed E-state index contributed by atoms with van der Waals surface area (Å²) in [5.74, 6) is 0.525. The van der Waals surface area contributed by atoms with Gasteiger partial charge in [-0.2, -0.15) is 5.26 Å². The second-order valence-electron chi connectivity index (χ2n) is 10.4. The first-order valence-corrected chi connectivity index (χ1v) is 13.7. The van der Waals surface area contributed by atoms with E-state index in [1.54, 1.807) is 0 Å². The van der Waals surface area contributed by atoms with Crippen molar-refractivity contribution < 1.29 is 4.79 Å². The average Bonchev–Trinajstić information content (AvgIpc) is 3.25. The third-order valence-electron chi connectivity index (χ3n) is 7.85. The van der Waals surface area contributed by atoms with Crippen molar-refractivity contribution in [3.63, 3.8) is 0 Å². The van der Waals surface area contributed by atoms with Crippen molar-refractivity contribution in [2.24, 2.45) is 0 Å². The molecule has 1 amide bonds. The number of aryl methyl sites for hydroxylation is 1. The number of carbonyl (C=O) groups excluding carboxylic acids is 1. The molecule has 0 bridgehead atoms. The summed E-state index contributed by atoms with van der Waals surface area (Å²) >= 11 is 1.40. The average molecular weight is 522 g/mol. The maximum absolute atomic E-state index is 13.7. The summed E-state index contributed by atoms with van der Waals surface area (Å²) in [6.45, 7) is 9.06. The number of hydrogen-bond donors (Lipinski definition) is 4. The molecule has 2 aliphatic heterocycles. The Bertz CT molecular complexity index is 1240. The van der Waals surface area contributed by atoms with E-state index in [0.29, 0.717) is 22.7 Å². The van der Waals surface area contributed by atoms with Gasteiger partial charge in [-0.05, 0) is 39.3 Å². The highest BCUT2D eigenvalue weighted by Gasteiger charge is 2.43. The van der Waals surface area contributed by atoms with E-state index in [1.165, 1.54) is 11.3 Å². The van der Waals surface area contributed by atoms with Gasteiger partial charge in [-0.1, -0.05) is 0 Å². The molecule has 10 nitrogen and oxygen atoms in total. The maximum atomic E-state index is 13.7. The van der Waals surface area contributed by atoms with Gasteiger partial charge in [0.25, 0.3) is 0 Å². The van der Waals surface area contributed by atoms with Crippen LogP contribution < -0.4 is 26.2 Å². The van der Waals surface area contributed by atoms with E-state index in [0.717, 1.165) is 87.1 Å². The van der Waals surface area contributed by atoms with Crippen molar-refractivity contribution in [3.8, 4) is 6.07 Å². The number of nitrogen functional groups attached to an aromatic ring is 1. The zero-order valence-corrected chi connectivity index (χ0v) is 22.4. The molecule has 4 heterocycles. The van der Waals surface area contributed by atoms with Gasteiger partial charge in [0.05, 0.1) is 11.0 Å². The number of nitrogens with zero attached hydrogens (tertiary/aromatic N) is 5. The van der Waals surface area contributed by atoms with Crippen molar-refractivity contribution in [1.82, 2.24) is 20.5 Å². The lowest BCUT2D eigenvalue weighted by Gasteiger charge is -2.35. The van der Waals surface area contributed by atoms with Crippen LogP contribution in [0.3, 0.4) is 0 Å². The molecule has 2 fully saturated rings. The zero-order chi connectivity index (χ0) is 26.2. The third kappa shape index (κ3) is 4.89. The van der Waals surface area contributed by atoms with E-state index in [9.17, 15) is 10.1 Å². The molecular formula is C26H35N9OS. The van der Waals surface area contributed by atoms with E-state index >= 15 is 0 Å². The third-order valence-corrected chi connectivity index (χ3v) is 8.93. The van der Waals surface area contributed by atoms with Crippen LogP contribution in [0.2, 0.25) is 0 Å². The van der Waals surface area contributed by atoms with Crippen LogP contribution in [-0.2, 0) is 16.6 Å². The summed E-state index contributed by atoms with van der Waals surface area (Å²) in [5.41, 5.74) is 7.80. The van der Waals surface area contributed by atoms with Crippen LogP contribution in [0, 0.1) is 16.7 Å². The lowest BCUT2D eigenvalue weighted by Crippen LogP contribution is -2.47. The first-order valence-electron chi connectivity index (χ1n) is 12.9. The summed E-state index contributed by atoms with van der Waals surface area (Å²) in [6, 6.07) is 6.23. The van der Waals surface area contributed by atoms with E-state index < -0.39 is 5.41 Å². The Hall–Kier alpha value is -3.20. The molecule has 11 heteroatoms. The highest BCUT2D eigenvalue weighted by molar-refractivity contribution is 7.16. The minimum absolute atomic E-state index is 0.0209. The summed E-state index contributed by atoms with van der Waals surface area (Å²) in [5, 5.41) is 25.3. The van der Waals surface area contributed by atoms with E-state index in [1.807, 2.05) is 13.0 Å². The molecular weight excluding hydrogens is 486 g/mol. The maximum Gasteiger partial charge on any atom is 0.236 e. The molecule has 0 aromatic carbocycles. The Labute approximate surface area is 221 Å². The molecule has 0 saturated carbocycles. The van der Waals surface area contributed by atoms with E-state index in [2.05, 4.69) is 44.5 Å². The topological polar surface area (TPSA) is 137 Å². The van der Waals surface area contributed by atoms with Crippen molar-refractivity contribution >= 4 is 39.6 Å². The Balaban J connectivity index is 1.44. The van der Waals surface area contributed by atoms with Crippen molar-refractivity contribution in [1.29, 1.82) is 10.7 Å². The molecule has 37 heavy (non-hydrogen) atoms. The number of amides is 1. The number of rotatable bonds is 4. The van der Waals surface area contributed by atoms with Crippen LogP contribution in [0.4, 0.5) is 16.5 Å². The van der Waals surface area contributed by atoms with Gasteiger partial charge in [-0.25, -0.2) is 4.98 Å². The van der Waals surface area contributed by atoms with Crippen LogP contribution in [0.5, 0.6) is 0 Å². The fraction of sp³-hybridized carbons (Fsp3) is 0.538. The number of aromatic nitrogens is 1. The highest BCUT2D eigenvalue weighted by Crippen LogP contribution is 2.45. The Morgan fingerprint density at radius 2 is 1.95 bits per heavy atom. The molecule has 1 aliphatic carbocycles. The minimum Gasteiger partial charge on any atom is -0.389 e. The standard InChI is InChI=1S/C26H35N9OS/c1-26(5-3-4-20-22(26)18(16-27)24(29)37-20)25(36)32-23(28)19-14-17(34-8-6-30-7-9-34)15-21(31-19)35-12-10-33(2)11-13-35/h14-15,30H,3-13,29H2,1-2H3,(H2,28,32,36). The number of anilines is 3. The Morgan fingerprint density at radius 1 is 1.22 bits per heavy atom. The van der Waals surface area contributed by atoms with Crippen molar-refractivity contribution in [2.45, 2.75) is 31.6 Å². The van der Waals surface area contributed by atoms with Gasteiger partial charge >= 0.3 is 0 Å². The predicted octanol–water partition coefficient (Wildman–Crippen LogP) is 1.49. The molecule has 1 unspecified atom stereocenters. The molecule has 196 valence electrons. The van der Waals surface area contributed by atoms with Gasteiger partial charge in [0, 0.05) is 74.6 Å². The van der Waals surface area contributed by atoms with Crippen molar-refractivity contribution in [3.05, 3.63) is 33.8 Å². The number of nitrogens with one attached hydrogen (secondary N) is 3. The summed E-state index contributed by atoms with van der Waals surface area (Å²) < 4.78 is 0. The number of carbonyl (C=O) groups is 1. The molecule has 2 saturated heterocycles. The quantitative estimate of drug-likeness (QED) is 0.351. The number of thiophene rings is 1. The number of fused-ring (bicyclic) bond motifs is 1. The second kappa shape index (κ2) is 10.3. The zero-order valence-electron chi connectivity index (χ0n) is 21.6. The smallest absolute Gasteiger partial charge is 0.236 e. The normalized spacial score (nSPS) is 22.3. The fourth-order valence-electron chi connectivity index (χ4n) is 5.57. The molecule has 3 aliphatic rings. The molecule has 5 N–H and O–H groups in total. The molecule has 0 spiro atoms. The number of piperazine rings is 2.